The van der Waals surface area contributed by atoms with Gasteiger partial charge in [-0.25, -0.2) is 4.79 Å². The number of carbonyl (C=O) groups excluding carboxylic acids is 1. The summed E-state index contributed by atoms with van der Waals surface area (Å²) in [4.78, 5) is 26.1. The van der Waals surface area contributed by atoms with Crippen molar-refractivity contribution in [2.24, 2.45) is 0 Å². The average Bonchev–Trinajstić information content (AvgIpc) is 2.44. The maximum absolute atomic E-state index is 11.5. The molecule has 3 N–H and O–H groups in total. The summed E-state index contributed by atoms with van der Waals surface area (Å²) in [6.45, 7) is 0.447. The summed E-state index contributed by atoms with van der Waals surface area (Å²) >= 11 is 0. The molecule has 0 spiro atoms. The first-order valence-corrected chi connectivity index (χ1v) is 6.23. The van der Waals surface area contributed by atoms with E-state index >= 15 is 0 Å². The summed E-state index contributed by atoms with van der Waals surface area (Å²) < 4.78 is 0. The van der Waals surface area contributed by atoms with Crippen LogP contribution in [-0.2, 0) is 11.3 Å². The second-order valence-electron chi connectivity index (χ2n) is 4.25. The van der Waals surface area contributed by atoms with E-state index in [1.54, 1.807) is 6.20 Å². The molecule has 2 rings (SSSR count). The number of fused-ring (bicyclic) bond motifs is 1. The Morgan fingerprint density at radius 3 is 2.75 bits per heavy atom. The number of hydrogen-bond acceptors (Lipinski definition) is 3. The molecule has 0 aliphatic rings. The first kappa shape index (κ1) is 13.8. The van der Waals surface area contributed by atoms with Gasteiger partial charge >= 0.3 is 12.0 Å². The molecule has 0 aliphatic carbocycles. The Morgan fingerprint density at radius 1 is 1.15 bits per heavy atom. The number of urea groups is 1. The molecule has 2 aromatic rings. The van der Waals surface area contributed by atoms with E-state index in [-0.39, 0.29) is 19.0 Å². The first-order chi connectivity index (χ1) is 9.66. The highest BCUT2D eigenvalue weighted by molar-refractivity contribution is 5.82. The standard InChI is InChI=1S/C14H15N3O3/c18-12(19)6-8-16-14(20)17-9-11-4-1-3-10-5-2-7-15-13(10)11/h1-5,7H,6,8-9H2,(H,18,19)(H2,16,17,20). The first-order valence-electron chi connectivity index (χ1n) is 6.23. The van der Waals surface area contributed by atoms with E-state index in [0.29, 0.717) is 6.54 Å². The van der Waals surface area contributed by atoms with Gasteiger partial charge in [0.15, 0.2) is 0 Å². The molecule has 0 saturated heterocycles. The topological polar surface area (TPSA) is 91.3 Å². The molecule has 0 aliphatic heterocycles. The Labute approximate surface area is 115 Å². The number of nitrogens with zero attached hydrogens (tertiary/aromatic N) is 1. The van der Waals surface area contributed by atoms with Crippen molar-refractivity contribution in [1.82, 2.24) is 15.6 Å². The third-order valence-electron chi connectivity index (χ3n) is 2.78. The summed E-state index contributed by atoms with van der Waals surface area (Å²) in [5.41, 5.74) is 1.76. The molecule has 1 aromatic heterocycles. The van der Waals surface area contributed by atoms with Gasteiger partial charge in [0.1, 0.15) is 0 Å². The van der Waals surface area contributed by atoms with Crippen LogP contribution in [0.15, 0.2) is 36.5 Å². The molecule has 0 fully saturated rings. The van der Waals surface area contributed by atoms with Crippen molar-refractivity contribution >= 4 is 22.9 Å². The molecule has 1 heterocycles. The summed E-state index contributed by atoms with van der Waals surface area (Å²) in [5.74, 6) is -0.941. The molecule has 0 unspecified atom stereocenters. The summed E-state index contributed by atoms with van der Waals surface area (Å²) in [6, 6.07) is 9.19. The minimum absolute atomic E-state index is 0.0940. The number of nitrogens with one attached hydrogen (secondary N) is 2. The van der Waals surface area contributed by atoms with Crippen molar-refractivity contribution in [3.8, 4) is 0 Å². The molecular formula is C14H15N3O3. The van der Waals surface area contributed by atoms with Crippen molar-refractivity contribution in [3.05, 3.63) is 42.1 Å². The molecule has 0 saturated carbocycles. The van der Waals surface area contributed by atoms with Crippen LogP contribution in [0.25, 0.3) is 10.9 Å². The number of benzene rings is 1. The second kappa shape index (κ2) is 6.51. The van der Waals surface area contributed by atoms with Gasteiger partial charge in [-0.2, -0.15) is 0 Å². The smallest absolute Gasteiger partial charge is 0.315 e. The van der Waals surface area contributed by atoms with Crippen LogP contribution >= 0.6 is 0 Å². The zero-order chi connectivity index (χ0) is 14.4. The van der Waals surface area contributed by atoms with E-state index in [9.17, 15) is 9.59 Å². The van der Waals surface area contributed by atoms with E-state index in [1.807, 2.05) is 30.3 Å². The van der Waals surface area contributed by atoms with E-state index in [0.717, 1.165) is 16.5 Å². The minimum atomic E-state index is -0.941. The zero-order valence-electron chi connectivity index (χ0n) is 10.8. The number of carboxylic acid groups (broad SMARTS) is 1. The van der Waals surface area contributed by atoms with E-state index < -0.39 is 5.97 Å². The van der Waals surface area contributed by atoms with Crippen LogP contribution in [0.2, 0.25) is 0 Å². The number of rotatable bonds is 5. The summed E-state index contributed by atoms with van der Waals surface area (Å²) in [6.07, 6.45) is 1.61. The predicted molar refractivity (Wildman–Crippen MR) is 74.2 cm³/mol. The summed E-state index contributed by atoms with van der Waals surface area (Å²) in [7, 11) is 0. The second-order valence-corrected chi connectivity index (χ2v) is 4.25. The van der Waals surface area contributed by atoms with Gasteiger partial charge in [0.05, 0.1) is 11.9 Å². The zero-order valence-corrected chi connectivity index (χ0v) is 10.8. The highest BCUT2D eigenvalue weighted by atomic mass is 16.4. The lowest BCUT2D eigenvalue weighted by Crippen LogP contribution is -2.36. The fourth-order valence-corrected chi connectivity index (χ4v) is 1.83. The predicted octanol–water partition coefficient (Wildman–Crippen LogP) is 1.51. The van der Waals surface area contributed by atoms with Crippen LogP contribution in [0, 0.1) is 0 Å². The Morgan fingerprint density at radius 2 is 1.95 bits per heavy atom. The monoisotopic (exact) mass is 273 g/mol. The van der Waals surface area contributed by atoms with Gasteiger partial charge in [0.25, 0.3) is 0 Å². The third-order valence-corrected chi connectivity index (χ3v) is 2.78. The molecule has 1 aromatic carbocycles. The molecule has 0 radical (unpaired) electrons. The molecular weight excluding hydrogens is 258 g/mol. The van der Waals surface area contributed by atoms with Gasteiger partial charge in [0.2, 0.25) is 0 Å². The van der Waals surface area contributed by atoms with Crippen LogP contribution < -0.4 is 10.6 Å². The van der Waals surface area contributed by atoms with Crippen LogP contribution in [0.3, 0.4) is 0 Å². The number of carboxylic acids is 1. The molecule has 6 heteroatoms. The van der Waals surface area contributed by atoms with Crippen molar-refractivity contribution in [1.29, 1.82) is 0 Å². The molecule has 2 amide bonds. The summed E-state index contributed by atoms with van der Waals surface area (Å²) in [5, 5.41) is 14.6. The lowest BCUT2D eigenvalue weighted by molar-refractivity contribution is -0.136. The maximum atomic E-state index is 11.5. The quantitative estimate of drug-likeness (QED) is 0.770. The highest BCUT2D eigenvalue weighted by Crippen LogP contribution is 2.15. The van der Waals surface area contributed by atoms with Crippen molar-refractivity contribution < 1.29 is 14.7 Å². The highest BCUT2D eigenvalue weighted by Gasteiger charge is 2.05. The number of carbonyl (C=O) groups is 2. The molecule has 20 heavy (non-hydrogen) atoms. The molecule has 6 nitrogen and oxygen atoms in total. The Balaban J connectivity index is 1.92. The van der Waals surface area contributed by atoms with Crippen molar-refractivity contribution in [2.45, 2.75) is 13.0 Å². The number of aromatic nitrogens is 1. The number of hydrogen-bond donors (Lipinski definition) is 3. The van der Waals surface area contributed by atoms with Crippen LogP contribution in [0.4, 0.5) is 4.79 Å². The van der Waals surface area contributed by atoms with Gasteiger partial charge in [-0.3, -0.25) is 9.78 Å². The van der Waals surface area contributed by atoms with E-state index in [4.69, 9.17) is 5.11 Å². The fraction of sp³-hybridized carbons (Fsp3) is 0.214. The SMILES string of the molecule is O=C(O)CCNC(=O)NCc1cccc2cccnc12. The molecule has 104 valence electrons. The number of para-hydroxylation sites is 1. The number of pyridine rings is 1. The van der Waals surface area contributed by atoms with Crippen LogP contribution in [0.5, 0.6) is 0 Å². The number of aliphatic carboxylic acids is 1. The van der Waals surface area contributed by atoms with Crippen LogP contribution in [0.1, 0.15) is 12.0 Å². The fourth-order valence-electron chi connectivity index (χ4n) is 1.83. The van der Waals surface area contributed by atoms with E-state index in [1.165, 1.54) is 0 Å². The van der Waals surface area contributed by atoms with Gasteiger partial charge in [-0.15, -0.1) is 0 Å². The maximum Gasteiger partial charge on any atom is 0.315 e. The Kier molecular flexibility index (Phi) is 4.49. The van der Waals surface area contributed by atoms with Gasteiger partial charge in [-0.05, 0) is 11.6 Å². The lowest BCUT2D eigenvalue weighted by Gasteiger charge is -2.08. The molecule has 0 atom stereocenters. The average molecular weight is 273 g/mol. The van der Waals surface area contributed by atoms with E-state index in [2.05, 4.69) is 15.6 Å². The minimum Gasteiger partial charge on any atom is -0.481 e. The van der Waals surface area contributed by atoms with Crippen molar-refractivity contribution in [2.75, 3.05) is 6.54 Å². The van der Waals surface area contributed by atoms with Gasteiger partial charge < -0.3 is 15.7 Å². The van der Waals surface area contributed by atoms with Crippen LogP contribution in [-0.4, -0.2) is 28.6 Å². The Bertz CT molecular complexity index is 623. The number of amides is 2. The van der Waals surface area contributed by atoms with Gasteiger partial charge in [-0.1, -0.05) is 24.3 Å². The normalized spacial score (nSPS) is 10.2. The Hall–Kier alpha value is -2.63. The van der Waals surface area contributed by atoms with Gasteiger partial charge in [0, 0.05) is 24.7 Å². The molecule has 0 bridgehead atoms. The van der Waals surface area contributed by atoms with Crippen molar-refractivity contribution in [3.63, 3.8) is 0 Å². The largest absolute Gasteiger partial charge is 0.481 e. The third kappa shape index (κ3) is 3.68. The lowest BCUT2D eigenvalue weighted by atomic mass is 10.1.